The number of fused-ring (bicyclic) bond motifs is 1. The third kappa shape index (κ3) is 9.62. The van der Waals surface area contributed by atoms with E-state index < -0.39 is 46.0 Å². The van der Waals surface area contributed by atoms with E-state index in [9.17, 15) is 33.0 Å². The molecule has 0 aliphatic carbocycles. The van der Waals surface area contributed by atoms with Gasteiger partial charge in [-0.05, 0) is 67.8 Å². The molecule has 3 heterocycles. The van der Waals surface area contributed by atoms with Crippen molar-refractivity contribution in [3.63, 3.8) is 0 Å². The minimum atomic E-state index is -3.90. The number of carboxylic acids is 2. The van der Waals surface area contributed by atoms with Gasteiger partial charge in [0.25, 0.3) is 0 Å². The number of unbranched alkanes of at least 4 members (excludes halogenated alkanes) is 1. The number of hydrogen-bond acceptors (Lipinski definition) is 11. The quantitative estimate of drug-likeness (QED) is 0.126. The zero-order valence-corrected chi connectivity index (χ0v) is 32.0. The van der Waals surface area contributed by atoms with Gasteiger partial charge in [-0.15, -0.1) is 23.5 Å². The number of halogens is 1. The third-order valence-corrected chi connectivity index (χ3v) is 15.3. The van der Waals surface area contributed by atoms with Crippen LogP contribution in [0.25, 0.3) is 0 Å². The monoisotopic (exact) mass is 785 g/mol. The average molecular weight is 786 g/mol. The van der Waals surface area contributed by atoms with E-state index >= 15 is 0 Å². The van der Waals surface area contributed by atoms with E-state index in [-0.39, 0.29) is 33.1 Å². The molecular weight excluding hydrogens is 742 g/mol. The molecule has 3 aliphatic heterocycles. The summed E-state index contributed by atoms with van der Waals surface area (Å²) in [4.78, 5) is 39.5. The number of amides is 1. The van der Waals surface area contributed by atoms with Crippen molar-refractivity contribution < 1.29 is 33.0 Å². The fraction of sp³-hybridized carbons (Fsp3) is 0.545. The van der Waals surface area contributed by atoms with Crippen LogP contribution in [0.3, 0.4) is 0 Å². The first-order valence-electron chi connectivity index (χ1n) is 16.7. The summed E-state index contributed by atoms with van der Waals surface area (Å²) in [6.07, 6.45) is 4.90. The van der Waals surface area contributed by atoms with Crippen molar-refractivity contribution in [2.75, 3.05) is 23.4 Å². The van der Waals surface area contributed by atoms with Crippen molar-refractivity contribution in [2.24, 2.45) is 0 Å². The second kappa shape index (κ2) is 17.1. The van der Waals surface area contributed by atoms with E-state index in [0.29, 0.717) is 25.8 Å². The van der Waals surface area contributed by atoms with Gasteiger partial charge in [0.2, 0.25) is 15.9 Å². The molecule has 4 atom stereocenters. The lowest BCUT2D eigenvalue weighted by molar-refractivity contribution is -0.149. The lowest BCUT2D eigenvalue weighted by Crippen LogP contribution is -2.53. The maximum absolute atomic E-state index is 13.3. The van der Waals surface area contributed by atoms with Gasteiger partial charge in [-0.25, -0.2) is 22.7 Å². The Labute approximate surface area is 311 Å². The Morgan fingerprint density at radius 2 is 1.80 bits per heavy atom. The fourth-order valence-electron chi connectivity index (χ4n) is 6.32. The van der Waals surface area contributed by atoms with Crippen molar-refractivity contribution in [2.45, 2.75) is 103 Å². The van der Waals surface area contributed by atoms with Gasteiger partial charge >= 0.3 is 11.9 Å². The standard InChI is InChI=1S/C33H44ClN5O7S4/c1-3-4-8-29-37-25-15-23(34)28(16-27(25)49-38-29)50(45,46)35-18-22-11-9-21(10-12-22)6-5-7-24(31(41)42)36-20(2)30(40)39-19-33(47-13-14-48-33)17-26(39)32(43)44/h9-12,15-16,20,24,26,29,35-38H,3-8,13-14,17-19H2,1-2H3,(H,41,42)(H,43,44)/t20-,24-,26-,29?/m0/s1. The molecule has 1 amide bonds. The normalized spacial score (nSPS) is 21.1. The summed E-state index contributed by atoms with van der Waals surface area (Å²) >= 11 is 11.2. The van der Waals surface area contributed by atoms with Gasteiger partial charge in [-0.3, -0.25) is 14.9 Å². The Hall–Kier alpha value is -2.18. The van der Waals surface area contributed by atoms with Crippen molar-refractivity contribution in [3.05, 3.63) is 52.5 Å². The molecule has 5 rings (SSSR count). The minimum absolute atomic E-state index is 0.00752. The summed E-state index contributed by atoms with van der Waals surface area (Å²) in [7, 11) is -3.90. The summed E-state index contributed by atoms with van der Waals surface area (Å²) in [6.45, 7) is 4.11. The zero-order valence-electron chi connectivity index (χ0n) is 27.9. The van der Waals surface area contributed by atoms with Crippen LogP contribution in [0.2, 0.25) is 5.02 Å². The van der Waals surface area contributed by atoms with E-state index in [4.69, 9.17) is 11.6 Å². The lowest BCUT2D eigenvalue weighted by atomic mass is 10.0. The number of anilines is 1. The number of aliphatic carboxylic acids is 2. The van der Waals surface area contributed by atoms with E-state index in [1.807, 2.05) is 24.3 Å². The number of aryl methyl sites for hydroxylation is 1. The predicted octanol–water partition coefficient (Wildman–Crippen LogP) is 4.97. The highest BCUT2D eigenvalue weighted by Crippen LogP contribution is 2.52. The summed E-state index contributed by atoms with van der Waals surface area (Å²) in [5.41, 5.74) is 2.50. The van der Waals surface area contributed by atoms with Crippen LogP contribution in [-0.2, 0) is 37.4 Å². The Kier molecular flexibility index (Phi) is 13.4. The van der Waals surface area contributed by atoms with Gasteiger partial charge in [0, 0.05) is 35.9 Å². The van der Waals surface area contributed by atoms with Crippen LogP contribution in [0, 0.1) is 0 Å². The molecule has 2 aromatic carbocycles. The first kappa shape index (κ1) is 39.0. The van der Waals surface area contributed by atoms with Gasteiger partial charge in [-0.2, -0.15) is 0 Å². The van der Waals surface area contributed by atoms with Crippen molar-refractivity contribution in [3.8, 4) is 0 Å². The summed E-state index contributed by atoms with van der Waals surface area (Å²) < 4.78 is 32.0. The summed E-state index contributed by atoms with van der Waals surface area (Å²) in [5, 5.41) is 26.1. The molecule has 6 N–H and O–H groups in total. The highest BCUT2D eigenvalue weighted by Gasteiger charge is 2.52. The largest absolute Gasteiger partial charge is 0.480 e. The second-order valence-corrected chi connectivity index (χ2v) is 19.0. The molecule has 1 unspecified atom stereocenters. The second-order valence-electron chi connectivity index (χ2n) is 12.8. The summed E-state index contributed by atoms with van der Waals surface area (Å²) in [5.74, 6) is -0.704. The highest BCUT2D eigenvalue weighted by molar-refractivity contribution is 8.21. The van der Waals surface area contributed by atoms with Crippen LogP contribution in [0.1, 0.15) is 63.5 Å². The molecule has 2 fully saturated rings. The molecular formula is C33H44ClN5O7S4. The van der Waals surface area contributed by atoms with Crippen molar-refractivity contribution in [1.29, 1.82) is 0 Å². The number of nitrogens with one attached hydrogen (secondary N) is 4. The molecule has 2 aromatic rings. The first-order chi connectivity index (χ1) is 23.8. The third-order valence-electron chi connectivity index (χ3n) is 9.05. The molecule has 17 heteroatoms. The SMILES string of the molecule is CCCCC1NSc2cc(S(=O)(=O)NCc3ccc(CCC[C@H](N[C@@H](C)C(=O)N4CC5(C[C@H]4C(=O)O)SCCS5)C(=O)O)cc3)c(Cl)cc2N1. The molecule has 0 saturated carbocycles. The van der Waals surface area contributed by atoms with Gasteiger partial charge < -0.3 is 20.4 Å². The van der Waals surface area contributed by atoms with Crippen LogP contribution in [0.5, 0.6) is 0 Å². The predicted molar refractivity (Wildman–Crippen MR) is 200 cm³/mol. The Balaban J connectivity index is 1.10. The van der Waals surface area contributed by atoms with E-state index in [2.05, 4.69) is 27.0 Å². The Bertz CT molecular complexity index is 1660. The molecule has 0 bridgehead atoms. The van der Waals surface area contributed by atoms with Crippen LogP contribution >= 0.6 is 47.1 Å². The van der Waals surface area contributed by atoms with Gasteiger partial charge in [-0.1, -0.05) is 55.6 Å². The number of benzene rings is 2. The molecule has 0 radical (unpaired) electrons. The van der Waals surface area contributed by atoms with Crippen LogP contribution in [-0.4, -0.2) is 87.8 Å². The lowest BCUT2D eigenvalue weighted by Gasteiger charge is -2.28. The Morgan fingerprint density at radius 3 is 2.46 bits per heavy atom. The van der Waals surface area contributed by atoms with Gasteiger partial charge in [0.15, 0.2) is 0 Å². The molecule has 0 aromatic heterocycles. The number of nitrogens with zero attached hydrogens (tertiary/aromatic N) is 1. The van der Waals surface area contributed by atoms with Crippen molar-refractivity contribution >= 4 is 80.6 Å². The number of carboxylic acid groups (broad SMARTS) is 2. The van der Waals surface area contributed by atoms with Crippen molar-refractivity contribution in [1.82, 2.24) is 19.7 Å². The molecule has 50 heavy (non-hydrogen) atoms. The number of likely N-dealkylation sites (tertiary alicyclic amines) is 1. The smallest absolute Gasteiger partial charge is 0.326 e. The number of hydrogen-bond donors (Lipinski definition) is 6. The van der Waals surface area contributed by atoms with Crippen LogP contribution in [0.4, 0.5) is 5.69 Å². The number of carbonyl (C=O) groups is 3. The number of sulfonamides is 1. The average Bonchev–Trinajstić information content (AvgIpc) is 3.72. The number of thioether (sulfide) groups is 2. The molecule has 1 spiro atoms. The van der Waals surface area contributed by atoms with Crippen LogP contribution in [0.15, 0.2) is 46.2 Å². The summed E-state index contributed by atoms with van der Waals surface area (Å²) in [6, 6.07) is 7.85. The first-order valence-corrected chi connectivity index (χ1v) is 21.4. The van der Waals surface area contributed by atoms with Gasteiger partial charge in [0.1, 0.15) is 17.0 Å². The minimum Gasteiger partial charge on any atom is -0.480 e. The fourth-order valence-corrected chi connectivity index (χ4v) is 12.1. The molecule has 274 valence electrons. The number of carbonyl (C=O) groups excluding carboxylic acids is 1. The topological polar surface area (TPSA) is 177 Å². The number of rotatable bonds is 16. The van der Waals surface area contributed by atoms with E-state index in [0.717, 1.165) is 52.5 Å². The molecule has 3 aliphatic rings. The molecule has 12 nitrogen and oxygen atoms in total. The van der Waals surface area contributed by atoms with Gasteiger partial charge in [0.05, 0.1) is 27.0 Å². The highest BCUT2D eigenvalue weighted by atomic mass is 35.5. The van der Waals surface area contributed by atoms with E-state index in [1.165, 1.54) is 16.8 Å². The maximum atomic E-state index is 13.3. The van der Waals surface area contributed by atoms with Crippen LogP contribution < -0.4 is 20.1 Å². The Morgan fingerprint density at radius 1 is 1.10 bits per heavy atom. The molecule has 2 saturated heterocycles. The van der Waals surface area contributed by atoms with E-state index in [1.54, 1.807) is 42.6 Å². The maximum Gasteiger partial charge on any atom is 0.326 e. The zero-order chi connectivity index (χ0) is 36.1.